The van der Waals surface area contributed by atoms with Gasteiger partial charge in [0, 0.05) is 38.2 Å². The van der Waals surface area contributed by atoms with E-state index in [1.54, 1.807) is 0 Å². The molecule has 1 atom stereocenters. The fourth-order valence-electron chi connectivity index (χ4n) is 3.14. The fourth-order valence-corrected chi connectivity index (χ4v) is 3.44. The second kappa shape index (κ2) is 9.45. The third-order valence-corrected chi connectivity index (χ3v) is 5.12. The van der Waals surface area contributed by atoms with E-state index < -0.39 is 17.5 Å². The zero-order chi connectivity index (χ0) is 18.4. The predicted molar refractivity (Wildman–Crippen MR) is 93.4 cm³/mol. The van der Waals surface area contributed by atoms with Crippen LogP contribution in [0.15, 0.2) is 12.1 Å². The third kappa shape index (κ3) is 5.62. The molecule has 1 aromatic carbocycles. The van der Waals surface area contributed by atoms with Crippen LogP contribution in [-0.2, 0) is 11.2 Å². The maximum Gasteiger partial charge on any atom is 0.223 e. The first-order valence-corrected chi connectivity index (χ1v) is 9.57. The lowest BCUT2D eigenvalue weighted by molar-refractivity contribution is -0.132. The lowest BCUT2D eigenvalue weighted by Gasteiger charge is -2.35. The molecule has 2 rings (SSSR count). The molecular formula is C17H24F3N3OS. The molecule has 1 aliphatic heterocycles. The Hall–Kier alpha value is -1.25. The molecular weight excluding hydrogens is 351 g/mol. The number of halogens is 3. The Kier molecular flexibility index (Phi) is 7.58. The first-order chi connectivity index (χ1) is 11.9. The number of benzene rings is 1. The first-order valence-electron chi connectivity index (χ1n) is 8.35. The van der Waals surface area contributed by atoms with Gasteiger partial charge in [0.25, 0.3) is 0 Å². The van der Waals surface area contributed by atoms with Crippen molar-refractivity contribution < 1.29 is 18.0 Å². The van der Waals surface area contributed by atoms with E-state index in [2.05, 4.69) is 4.72 Å². The van der Waals surface area contributed by atoms with Gasteiger partial charge in [-0.3, -0.25) is 9.52 Å². The van der Waals surface area contributed by atoms with E-state index in [4.69, 9.17) is 5.73 Å². The van der Waals surface area contributed by atoms with Crippen LogP contribution in [0, 0.1) is 23.4 Å². The molecule has 140 valence electrons. The van der Waals surface area contributed by atoms with Crippen LogP contribution in [0.1, 0.15) is 24.8 Å². The van der Waals surface area contributed by atoms with Crippen molar-refractivity contribution in [1.82, 2.24) is 9.62 Å². The van der Waals surface area contributed by atoms with Crippen molar-refractivity contribution in [2.24, 2.45) is 11.7 Å². The minimum atomic E-state index is -1.20. The van der Waals surface area contributed by atoms with E-state index in [9.17, 15) is 18.0 Å². The van der Waals surface area contributed by atoms with Crippen molar-refractivity contribution in [3.63, 3.8) is 0 Å². The number of carbonyl (C=O) groups is 1. The highest BCUT2D eigenvalue weighted by Gasteiger charge is 2.27. The molecule has 4 nitrogen and oxygen atoms in total. The number of piperidine rings is 1. The smallest absolute Gasteiger partial charge is 0.223 e. The molecule has 1 heterocycles. The summed E-state index contributed by atoms with van der Waals surface area (Å²) in [5.41, 5.74) is 6.25. The second-order valence-electron chi connectivity index (χ2n) is 6.29. The molecule has 1 fully saturated rings. The Bertz CT molecular complexity index is 595. The number of nitrogens with two attached hydrogens (primary N) is 1. The largest absolute Gasteiger partial charge is 0.343 e. The first kappa shape index (κ1) is 20.1. The van der Waals surface area contributed by atoms with Gasteiger partial charge in [-0.05, 0) is 43.1 Å². The Labute approximate surface area is 150 Å². The van der Waals surface area contributed by atoms with Gasteiger partial charge in [-0.25, -0.2) is 13.2 Å². The zero-order valence-corrected chi connectivity index (χ0v) is 15.1. The number of rotatable bonds is 7. The van der Waals surface area contributed by atoms with Crippen molar-refractivity contribution in [1.29, 1.82) is 0 Å². The number of hydrogen-bond acceptors (Lipinski definition) is 4. The Morgan fingerprint density at radius 1 is 1.28 bits per heavy atom. The van der Waals surface area contributed by atoms with Crippen molar-refractivity contribution in [2.75, 3.05) is 25.9 Å². The minimum Gasteiger partial charge on any atom is -0.343 e. The molecule has 1 amide bonds. The van der Waals surface area contributed by atoms with Crippen LogP contribution >= 0.6 is 11.9 Å². The van der Waals surface area contributed by atoms with Gasteiger partial charge in [0.2, 0.25) is 5.91 Å². The Balaban J connectivity index is 1.84. The summed E-state index contributed by atoms with van der Waals surface area (Å²) < 4.78 is 43.1. The monoisotopic (exact) mass is 375 g/mol. The van der Waals surface area contributed by atoms with E-state index in [0.717, 1.165) is 18.9 Å². The zero-order valence-electron chi connectivity index (χ0n) is 14.2. The maximum atomic E-state index is 13.8. The fraction of sp³-hybridized carbons (Fsp3) is 0.588. The molecule has 0 saturated carbocycles. The maximum absolute atomic E-state index is 13.8. The Morgan fingerprint density at radius 2 is 1.92 bits per heavy atom. The number of nitrogens with one attached hydrogen (secondary N) is 1. The lowest BCUT2D eigenvalue weighted by atomic mass is 9.86. The highest BCUT2D eigenvalue weighted by molar-refractivity contribution is 7.96. The van der Waals surface area contributed by atoms with Crippen molar-refractivity contribution in [2.45, 2.75) is 31.7 Å². The van der Waals surface area contributed by atoms with Gasteiger partial charge in [0.05, 0.1) is 0 Å². The van der Waals surface area contributed by atoms with Gasteiger partial charge in [0.1, 0.15) is 5.82 Å². The molecule has 0 aromatic heterocycles. The molecule has 0 aliphatic carbocycles. The van der Waals surface area contributed by atoms with Crippen LogP contribution in [0.3, 0.4) is 0 Å². The van der Waals surface area contributed by atoms with Gasteiger partial charge in [-0.2, -0.15) is 0 Å². The van der Waals surface area contributed by atoms with E-state index in [0.29, 0.717) is 32.1 Å². The molecule has 0 spiro atoms. The van der Waals surface area contributed by atoms with Crippen LogP contribution in [0.25, 0.3) is 0 Å². The van der Waals surface area contributed by atoms with Gasteiger partial charge < -0.3 is 10.6 Å². The summed E-state index contributed by atoms with van der Waals surface area (Å²) in [6.07, 6.45) is 3.98. The van der Waals surface area contributed by atoms with Crippen LogP contribution in [0.4, 0.5) is 13.2 Å². The number of amides is 1. The lowest BCUT2D eigenvalue weighted by Crippen LogP contribution is -2.44. The summed E-state index contributed by atoms with van der Waals surface area (Å²) in [7, 11) is 0. The van der Waals surface area contributed by atoms with Gasteiger partial charge in [-0.1, -0.05) is 11.9 Å². The molecule has 3 N–H and O–H groups in total. The number of hydrogen-bond donors (Lipinski definition) is 2. The van der Waals surface area contributed by atoms with E-state index >= 15 is 0 Å². The quantitative estimate of drug-likeness (QED) is 0.437. The van der Waals surface area contributed by atoms with Gasteiger partial charge in [-0.15, -0.1) is 0 Å². The molecule has 25 heavy (non-hydrogen) atoms. The summed E-state index contributed by atoms with van der Waals surface area (Å²) in [4.78, 5) is 13.9. The summed E-state index contributed by atoms with van der Waals surface area (Å²) >= 11 is 1.48. The van der Waals surface area contributed by atoms with Crippen LogP contribution < -0.4 is 10.5 Å². The van der Waals surface area contributed by atoms with Gasteiger partial charge in [0.15, 0.2) is 11.6 Å². The Morgan fingerprint density at radius 3 is 2.56 bits per heavy atom. The molecule has 1 unspecified atom stereocenters. The summed E-state index contributed by atoms with van der Waals surface area (Å²) in [5.74, 6) is -2.80. The average Bonchev–Trinajstić information content (AvgIpc) is 2.60. The van der Waals surface area contributed by atoms with Crippen molar-refractivity contribution >= 4 is 17.9 Å². The second-order valence-corrected chi connectivity index (χ2v) is 6.99. The third-order valence-electron chi connectivity index (χ3n) is 4.63. The van der Waals surface area contributed by atoms with E-state index in [1.165, 1.54) is 11.9 Å². The van der Waals surface area contributed by atoms with Crippen LogP contribution in [0.5, 0.6) is 0 Å². The summed E-state index contributed by atoms with van der Waals surface area (Å²) in [6.45, 7) is 1.88. The van der Waals surface area contributed by atoms with E-state index in [1.807, 2.05) is 11.2 Å². The van der Waals surface area contributed by atoms with Crippen LogP contribution in [0.2, 0.25) is 0 Å². The SMILES string of the molecule is CSNCCC(=O)N1CCC(C(N)Cc2cc(F)c(F)cc2F)CC1. The highest BCUT2D eigenvalue weighted by Crippen LogP contribution is 2.24. The highest BCUT2D eigenvalue weighted by atomic mass is 32.2. The standard InChI is InChI=1S/C17H24F3N3OS/c1-25-22-5-2-17(24)23-6-3-11(4-7-23)16(21)9-12-8-14(19)15(20)10-13(12)18/h8,10-11,16,22H,2-7,9,21H2,1H3. The molecule has 1 aliphatic rings. The van der Waals surface area contributed by atoms with Crippen molar-refractivity contribution in [3.05, 3.63) is 35.1 Å². The van der Waals surface area contributed by atoms with E-state index in [-0.39, 0.29) is 29.9 Å². The molecule has 1 saturated heterocycles. The molecule has 0 radical (unpaired) electrons. The number of carbonyl (C=O) groups excluding carboxylic acids is 1. The average molecular weight is 375 g/mol. The molecule has 1 aromatic rings. The van der Waals surface area contributed by atoms with Crippen LogP contribution in [-0.4, -0.2) is 42.7 Å². The number of nitrogens with zero attached hydrogens (tertiary/aromatic N) is 1. The summed E-state index contributed by atoms with van der Waals surface area (Å²) in [5, 5.41) is 0. The predicted octanol–water partition coefficient (Wildman–Crippen LogP) is 2.47. The molecule has 0 bridgehead atoms. The minimum absolute atomic E-state index is 0.0908. The normalized spacial score (nSPS) is 16.9. The summed E-state index contributed by atoms with van der Waals surface area (Å²) in [6, 6.07) is 1.08. The topological polar surface area (TPSA) is 58.4 Å². The van der Waals surface area contributed by atoms with Crippen molar-refractivity contribution in [3.8, 4) is 0 Å². The van der Waals surface area contributed by atoms with Gasteiger partial charge >= 0.3 is 0 Å². The molecule has 8 heteroatoms. The number of likely N-dealkylation sites (tertiary alicyclic amines) is 1.